The molecule has 0 radical (unpaired) electrons. The summed E-state index contributed by atoms with van der Waals surface area (Å²) in [6.45, 7) is -0.129. The van der Waals surface area contributed by atoms with Gasteiger partial charge in [0.05, 0.1) is 36.5 Å². The number of aromatic nitrogens is 2. The van der Waals surface area contributed by atoms with Crippen LogP contribution in [0.2, 0.25) is 0 Å². The van der Waals surface area contributed by atoms with Crippen LogP contribution in [0.5, 0.6) is 0 Å². The smallest absolute Gasteiger partial charge is 0.261 e. The number of benzene rings is 4. The molecule has 0 bridgehead atoms. The fourth-order valence-corrected chi connectivity index (χ4v) is 4.12. The number of fused-ring (bicyclic) bond motifs is 2. The van der Waals surface area contributed by atoms with Crippen molar-refractivity contribution >= 4 is 21.7 Å². The van der Waals surface area contributed by atoms with E-state index >= 15 is 0 Å². The van der Waals surface area contributed by atoms with Crippen LogP contribution in [0.3, 0.4) is 0 Å². The monoisotopic (exact) mass is 472 g/mol. The number of rotatable bonds is 7. The van der Waals surface area contributed by atoms with Gasteiger partial charge in [0.25, 0.3) is 5.56 Å². The molecule has 7 heteroatoms. The topological polar surface area (TPSA) is 64.4 Å². The maximum atomic E-state index is 13.4. The molecule has 1 heterocycles. The summed E-state index contributed by atoms with van der Waals surface area (Å²) >= 11 is 0. The molecule has 5 aromatic rings. The van der Waals surface area contributed by atoms with Crippen LogP contribution in [0, 0.1) is 11.6 Å². The SMILES string of the molecule is O=c1c2cc3ccccc3cc2ncn1CC(O)COC(c1ccc(F)cc1)c1ccc(F)cc1. The summed E-state index contributed by atoms with van der Waals surface area (Å²) in [6.07, 6.45) is -0.250. The van der Waals surface area contributed by atoms with E-state index in [-0.39, 0.29) is 30.3 Å². The van der Waals surface area contributed by atoms with E-state index < -0.39 is 12.2 Å². The van der Waals surface area contributed by atoms with Crippen LogP contribution in [-0.4, -0.2) is 27.4 Å². The van der Waals surface area contributed by atoms with Crippen molar-refractivity contribution in [1.29, 1.82) is 0 Å². The van der Waals surface area contributed by atoms with Crippen LogP contribution in [0.4, 0.5) is 8.78 Å². The number of nitrogens with zero attached hydrogens (tertiary/aromatic N) is 2. The van der Waals surface area contributed by atoms with Crippen LogP contribution in [0.1, 0.15) is 17.2 Å². The van der Waals surface area contributed by atoms with Gasteiger partial charge in [-0.3, -0.25) is 9.36 Å². The van der Waals surface area contributed by atoms with Crippen LogP contribution in [0.25, 0.3) is 21.7 Å². The zero-order valence-electron chi connectivity index (χ0n) is 18.6. The molecule has 176 valence electrons. The fourth-order valence-electron chi connectivity index (χ4n) is 4.12. The van der Waals surface area contributed by atoms with Gasteiger partial charge >= 0.3 is 0 Å². The van der Waals surface area contributed by atoms with Gasteiger partial charge in [-0.15, -0.1) is 0 Å². The molecule has 0 amide bonds. The van der Waals surface area contributed by atoms with Gasteiger partial charge in [-0.05, 0) is 58.3 Å². The van der Waals surface area contributed by atoms with Crippen molar-refractivity contribution in [2.75, 3.05) is 6.61 Å². The lowest BCUT2D eigenvalue weighted by molar-refractivity contribution is -0.00103. The number of hydrogen-bond donors (Lipinski definition) is 1. The van der Waals surface area contributed by atoms with Crippen molar-refractivity contribution in [3.63, 3.8) is 0 Å². The zero-order chi connectivity index (χ0) is 24.4. The Morgan fingerprint density at radius 1 is 0.857 bits per heavy atom. The van der Waals surface area contributed by atoms with Crippen LogP contribution in [-0.2, 0) is 11.3 Å². The molecule has 1 N–H and O–H groups in total. The van der Waals surface area contributed by atoms with Gasteiger partial charge in [0, 0.05) is 0 Å². The van der Waals surface area contributed by atoms with Crippen LogP contribution in [0.15, 0.2) is 96.1 Å². The van der Waals surface area contributed by atoms with E-state index in [0.717, 1.165) is 10.8 Å². The third-order valence-electron chi connectivity index (χ3n) is 5.90. The number of aliphatic hydroxyl groups is 1. The molecule has 0 fully saturated rings. The average molecular weight is 472 g/mol. The molecule has 5 rings (SSSR count). The molecule has 4 aromatic carbocycles. The highest BCUT2D eigenvalue weighted by atomic mass is 19.1. The molecule has 5 nitrogen and oxygen atoms in total. The normalized spacial score (nSPS) is 12.5. The van der Waals surface area contributed by atoms with E-state index in [1.807, 2.05) is 30.3 Å². The molecular weight excluding hydrogens is 450 g/mol. The van der Waals surface area contributed by atoms with E-state index in [0.29, 0.717) is 22.0 Å². The number of aliphatic hydroxyl groups excluding tert-OH is 1. The average Bonchev–Trinajstić information content (AvgIpc) is 2.87. The van der Waals surface area contributed by atoms with E-state index in [4.69, 9.17) is 4.74 Å². The molecule has 35 heavy (non-hydrogen) atoms. The quantitative estimate of drug-likeness (QED) is 0.339. The Morgan fingerprint density at radius 3 is 2.03 bits per heavy atom. The largest absolute Gasteiger partial charge is 0.389 e. The lowest BCUT2D eigenvalue weighted by atomic mass is 10.0. The van der Waals surface area contributed by atoms with Crippen LogP contribution >= 0.6 is 0 Å². The minimum absolute atomic E-state index is 0.0197. The first-order valence-electron chi connectivity index (χ1n) is 11.2. The molecule has 0 aliphatic heterocycles. The molecule has 0 spiro atoms. The summed E-state index contributed by atoms with van der Waals surface area (Å²) < 4.78 is 34.2. The van der Waals surface area contributed by atoms with Gasteiger partial charge in [-0.25, -0.2) is 13.8 Å². The first kappa shape index (κ1) is 22.8. The van der Waals surface area contributed by atoms with Crippen molar-refractivity contribution in [1.82, 2.24) is 9.55 Å². The highest BCUT2D eigenvalue weighted by molar-refractivity contribution is 5.95. The van der Waals surface area contributed by atoms with Crippen molar-refractivity contribution < 1.29 is 18.6 Å². The van der Waals surface area contributed by atoms with E-state index in [1.54, 1.807) is 30.3 Å². The fraction of sp³-hybridized carbons (Fsp3) is 0.143. The predicted molar refractivity (Wildman–Crippen MR) is 130 cm³/mol. The first-order chi connectivity index (χ1) is 17.0. The highest BCUT2D eigenvalue weighted by Crippen LogP contribution is 2.27. The molecule has 1 unspecified atom stereocenters. The van der Waals surface area contributed by atoms with E-state index in [1.165, 1.54) is 35.2 Å². The second-order valence-electron chi connectivity index (χ2n) is 8.39. The Morgan fingerprint density at radius 2 is 1.43 bits per heavy atom. The number of halogens is 2. The minimum Gasteiger partial charge on any atom is -0.389 e. The summed E-state index contributed by atoms with van der Waals surface area (Å²) in [6, 6.07) is 23.0. The lowest BCUT2D eigenvalue weighted by Crippen LogP contribution is -2.30. The molecule has 1 atom stereocenters. The Hall–Kier alpha value is -3.94. The Balaban J connectivity index is 1.36. The summed E-state index contributed by atoms with van der Waals surface area (Å²) in [5.41, 5.74) is 1.64. The highest BCUT2D eigenvalue weighted by Gasteiger charge is 2.18. The number of ether oxygens (including phenoxy) is 1. The molecule has 1 aromatic heterocycles. The second-order valence-corrected chi connectivity index (χ2v) is 8.39. The van der Waals surface area contributed by atoms with E-state index in [2.05, 4.69) is 4.98 Å². The summed E-state index contributed by atoms with van der Waals surface area (Å²) in [4.78, 5) is 17.4. The minimum atomic E-state index is -1.02. The van der Waals surface area contributed by atoms with Gasteiger partial charge in [-0.1, -0.05) is 48.5 Å². The Kier molecular flexibility index (Phi) is 6.35. The Labute approximate surface area is 199 Å². The Bertz CT molecular complexity index is 1490. The molecule has 0 saturated carbocycles. The van der Waals surface area contributed by atoms with Gasteiger partial charge < -0.3 is 9.84 Å². The zero-order valence-corrected chi connectivity index (χ0v) is 18.6. The third kappa shape index (κ3) is 4.96. The van der Waals surface area contributed by atoms with Gasteiger partial charge in [0.15, 0.2) is 0 Å². The maximum absolute atomic E-state index is 13.4. The van der Waals surface area contributed by atoms with Crippen molar-refractivity contribution in [3.05, 3.63) is 124 Å². The summed E-state index contributed by atoms with van der Waals surface area (Å²) in [5, 5.41) is 13.1. The van der Waals surface area contributed by atoms with Gasteiger partial charge in [0.1, 0.15) is 17.7 Å². The lowest BCUT2D eigenvalue weighted by Gasteiger charge is -2.21. The van der Waals surface area contributed by atoms with Gasteiger partial charge in [-0.2, -0.15) is 0 Å². The maximum Gasteiger partial charge on any atom is 0.261 e. The number of hydrogen-bond acceptors (Lipinski definition) is 4. The first-order valence-corrected chi connectivity index (χ1v) is 11.2. The standard InChI is InChI=1S/C28H22F2N2O3/c29-22-9-5-18(6-10-22)27(19-7-11-23(30)12-8-19)35-16-24(33)15-32-17-31-26-14-21-4-2-1-3-20(21)13-25(26)28(32)34/h1-14,17,24,27,33H,15-16H2. The second kappa shape index (κ2) is 9.74. The molecule has 0 aliphatic rings. The van der Waals surface area contributed by atoms with Crippen molar-refractivity contribution in [3.8, 4) is 0 Å². The summed E-state index contributed by atoms with van der Waals surface area (Å²) in [5.74, 6) is -0.773. The molecular formula is C28H22F2N2O3. The van der Waals surface area contributed by atoms with Crippen molar-refractivity contribution in [2.24, 2.45) is 0 Å². The van der Waals surface area contributed by atoms with Crippen LogP contribution < -0.4 is 5.56 Å². The molecule has 0 saturated heterocycles. The van der Waals surface area contributed by atoms with Crippen molar-refractivity contribution in [2.45, 2.75) is 18.8 Å². The van der Waals surface area contributed by atoms with E-state index in [9.17, 15) is 18.7 Å². The predicted octanol–water partition coefficient (Wildman–Crippen LogP) is 5.00. The third-order valence-corrected chi connectivity index (χ3v) is 5.90. The molecule has 0 aliphatic carbocycles. The van der Waals surface area contributed by atoms with Gasteiger partial charge in [0.2, 0.25) is 0 Å². The summed E-state index contributed by atoms with van der Waals surface area (Å²) in [7, 11) is 0.